The molecule has 0 aromatic carbocycles. The van der Waals surface area contributed by atoms with E-state index < -0.39 is 0 Å². The summed E-state index contributed by atoms with van der Waals surface area (Å²) in [5.74, 6) is 1.47. The van der Waals surface area contributed by atoms with E-state index in [1.807, 2.05) is 0 Å². The van der Waals surface area contributed by atoms with Crippen LogP contribution in [-0.2, 0) is 0 Å². The predicted molar refractivity (Wildman–Crippen MR) is 53.0 cm³/mol. The van der Waals surface area contributed by atoms with E-state index in [1.165, 1.54) is 13.0 Å². The molecule has 1 saturated heterocycles. The lowest BCUT2D eigenvalue weighted by atomic mass is 9.70. The smallest absolute Gasteiger partial charge is 0.000559 e. The van der Waals surface area contributed by atoms with Crippen LogP contribution in [0.15, 0.2) is 0 Å². The summed E-state index contributed by atoms with van der Waals surface area (Å²) >= 11 is 0. The largest absolute Gasteiger partial charge is 0.330 e. The summed E-state index contributed by atoms with van der Waals surface area (Å²) < 4.78 is 0. The molecule has 2 nitrogen and oxygen atoms in total. The fourth-order valence-electron chi connectivity index (χ4n) is 2.31. The number of hydrogen-bond donors (Lipinski definition) is 2. The third-order valence-electron chi connectivity index (χ3n) is 3.02. The van der Waals surface area contributed by atoms with Gasteiger partial charge in [-0.2, -0.15) is 0 Å². The van der Waals surface area contributed by atoms with E-state index in [2.05, 4.69) is 26.1 Å². The molecule has 1 rings (SSSR count). The van der Waals surface area contributed by atoms with Crippen molar-refractivity contribution in [3.05, 3.63) is 0 Å². The first-order chi connectivity index (χ1) is 5.55. The van der Waals surface area contributed by atoms with Crippen LogP contribution in [-0.4, -0.2) is 19.6 Å². The second-order valence-corrected chi connectivity index (χ2v) is 4.96. The Morgan fingerprint density at radius 1 is 1.42 bits per heavy atom. The predicted octanol–water partition coefficient (Wildman–Crippen LogP) is 1.22. The molecule has 0 radical (unpaired) electrons. The van der Waals surface area contributed by atoms with Crippen molar-refractivity contribution in [1.29, 1.82) is 0 Å². The van der Waals surface area contributed by atoms with Crippen LogP contribution in [0.3, 0.4) is 0 Å². The van der Waals surface area contributed by atoms with Gasteiger partial charge < -0.3 is 11.1 Å². The van der Waals surface area contributed by atoms with Crippen molar-refractivity contribution in [1.82, 2.24) is 5.32 Å². The zero-order valence-corrected chi connectivity index (χ0v) is 8.56. The highest BCUT2D eigenvalue weighted by Crippen LogP contribution is 2.35. The lowest BCUT2D eigenvalue weighted by Gasteiger charge is -2.40. The van der Waals surface area contributed by atoms with Crippen LogP contribution < -0.4 is 11.1 Å². The Labute approximate surface area is 75.9 Å². The quantitative estimate of drug-likeness (QED) is 0.621. The Hall–Kier alpha value is -0.0800. The minimum atomic E-state index is 0.423. The molecule has 0 saturated carbocycles. The molecule has 0 spiro atoms. The first kappa shape index (κ1) is 10.0. The summed E-state index contributed by atoms with van der Waals surface area (Å²) in [6.07, 6.45) is 1.28. The van der Waals surface area contributed by atoms with Gasteiger partial charge in [0.15, 0.2) is 0 Å². The molecule has 1 aliphatic rings. The third-order valence-corrected chi connectivity index (χ3v) is 3.02. The van der Waals surface area contributed by atoms with Crippen LogP contribution in [0.1, 0.15) is 27.2 Å². The fourth-order valence-corrected chi connectivity index (χ4v) is 2.31. The number of rotatable bonds is 1. The van der Waals surface area contributed by atoms with Gasteiger partial charge in [-0.15, -0.1) is 0 Å². The molecule has 12 heavy (non-hydrogen) atoms. The van der Waals surface area contributed by atoms with Gasteiger partial charge in [0.05, 0.1) is 0 Å². The maximum Gasteiger partial charge on any atom is -0.000559 e. The summed E-state index contributed by atoms with van der Waals surface area (Å²) in [6, 6.07) is 0. The van der Waals surface area contributed by atoms with Gasteiger partial charge in [0.25, 0.3) is 0 Å². The van der Waals surface area contributed by atoms with Crippen molar-refractivity contribution in [2.45, 2.75) is 27.2 Å². The molecule has 2 atom stereocenters. The number of piperidine rings is 1. The Morgan fingerprint density at radius 3 is 2.50 bits per heavy atom. The van der Waals surface area contributed by atoms with Crippen molar-refractivity contribution < 1.29 is 0 Å². The molecule has 2 unspecified atom stereocenters. The second-order valence-electron chi connectivity index (χ2n) is 4.96. The molecule has 1 fully saturated rings. The minimum Gasteiger partial charge on any atom is -0.330 e. The zero-order valence-electron chi connectivity index (χ0n) is 8.56. The van der Waals surface area contributed by atoms with Gasteiger partial charge in [0.2, 0.25) is 0 Å². The van der Waals surface area contributed by atoms with Gasteiger partial charge in [0.1, 0.15) is 0 Å². The standard InChI is InChI=1S/C10H22N2/c1-10(2,3)9-4-5-12-7-8(9)6-11/h8-9,12H,4-7,11H2,1-3H3. The van der Waals surface area contributed by atoms with Crippen LogP contribution in [0.25, 0.3) is 0 Å². The minimum absolute atomic E-state index is 0.423. The van der Waals surface area contributed by atoms with Gasteiger partial charge in [0, 0.05) is 0 Å². The Morgan fingerprint density at radius 2 is 2.08 bits per heavy atom. The molecule has 0 bridgehead atoms. The van der Waals surface area contributed by atoms with Crippen LogP contribution in [0.5, 0.6) is 0 Å². The van der Waals surface area contributed by atoms with Crippen LogP contribution in [0, 0.1) is 17.3 Å². The lowest BCUT2D eigenvalue weighted by Crippen LogP contribution is -2.45. The number of nitrogens with two attached hydrogens (primary N) is 1. The van der Waals surface area contributed by atoms with Crippen molar-refractivity contribution in [3.63, 3.8) is 0 Å². The summed E-state index contributed by atoms with van der Waals surface area (Å²) in [7, 11) is 0. The van der Waals surface area contributed by atoms with Crippen molar-refractivity contribution in [2.24, 2.45) is 23.0 Å². The summed E-state index contributed by atoms with van der Waals surface area (Å²) in [6.45, 7) is 10.1. The lowest BCUT2D eigenvalue weighted by molar-refractivity contribution is 0.123. The zero-order chi connectivity index (χ0) is 9.19. The van der Waals surface area contributed by atoms with E-state index in [-0.39, 0.29) is 0 Å². The molecule has 0 amide bonds. The second kappa shape index (κ2) is 3.75. The molecule has 3 N–H and O–H groups in total. The van der Waals surface area contributed by atoms with Gasteiger partial charge in [-0.1, -0.05) is 20.8 Å². The van der Waals surface area contributed by atoms with Gasteiger partial charge in [-0.05, 0) is 43.3 Å². The van der Waals surface area contributed by atoms with E-state index in [4.69, 9.17) is 5.73 Å². The Balaban J connectivity index is 2.59. The maximum atomic E-state index is 5.75. The Bertz CT molecular complexity index is 137. The van der Waals surface area contributed by atoms with E-state index in [9.17, 15) is 0 Å². The van der Waals surface area contributed by atoms with Crippen molar-refractivity contribution in [3.8, 4) is 0 Å². The molecular weight excluding hydrogens is 148 g/mol. The van der Waals surface area contributed by atoms with Crippen molar-refractivity contribution in [2.75, 3.05) is 19.6 Å². The molecule has 0 aliphatic carbocycles. The third kappa shape index (κ3) is 2.20. The number of hydrogen-bond acceptors (Lipinski definition) is 2. The summed E-state index contributed by atoms with van der Waals surface area (Å²) in [5.41, 5.74) is 6.17. The SMILES string of the molecule is CC(C)(C)C1CCNCC1CN. The highest BCUT2D eigenvalue weighted by atomic mass is 14.9. The molecule has 2 heteroatoms. The average molecular weight is 170 g/mol. The van der Waals surface area contributed by atoms with Gasteiger partial charge in [-0.25, -0.2) is 0 Å². The van der Waals surface area contributed by atoms with Gasteiger partial charge in [-0.3, -0.25) is 0 Å². The molecule has 72 valence electrons. The summed E-state index contributed by atoms with van der Waals surface area (Å²) in [5, 5.41) is 3.41. The highest BCUT2D eigenvalue weighted by Gasteiger charge is 2.32. The monoisotopic (exact) mass is 170 g/mol. The molecule has 0 aromatic rings. The van der Waals surface area contributed by atoms with Crippen LogP contribution in [0.4, 0.5) is 0 Å². The fraction of sp³-hybridized carbons (Fsp3) is 1.00. The van der Waals surface area contributed by atoms with E-state index in [0.717, 1.165) is 19.0 Å². The average Bonchev–Trinajstić information content (AvgIpc) is 2.03. The maximum absolute atomic E-state index is 5.75. The van der Waals surface area contributed by atoms with E-state index in [0.29, 0.717) is 11.3 Å². The molecule has 0 aromatic heterocycles. The van der Waals surface area contributed by atoms with Crippen LogP contribution in [0.2, 0.25) is 0 Å². The van der Waals surface area contributed by atoms with Crippen molar-refractivity contribution >= 4 is 0 Å². The van der Waals surface area contributed by atoms with Gasteiger partial charge >= 0.3 is 0 Å². The Kier molecular flexibility index (Phi) is 3.13. The summed E-state index contributed by atoms with van der Waals surface area (Å²) in [4.78, 5) is 0. The normalized spacial score (nSPS) is 32.0. The highest BCUT2D eigenvalue weighted by molar-refractivity contribution is 4.85. The van der Waals surface area contributed by atoms with Crippen LogP contribution >= 0.6 is 0 Å². The van der Waals surface area contributed by atoms with E-state index in [1.54, 1.807) is 0 Å². The molecule has 1 heterocycles. The first-order valence-electron chi connectivity index (χ1n) is 4.96. The number of nitrogens with one attached hydrogen (secondary N) is 1. The molecule has 1 aliphatic heterocycles. The molecular formula is C10H22N2. The topological polar surface area (TPSA) is 38.0 Å². The van der Waals surface area contributed by atoms with E-state index >= 15 is 0 Å². The first-order valence-corrected chi connectivity index (χ1v) is 4.96.